The standard InChI is InChI=1S/C32H67N/c1-7-9-24-27-31(5)28-25-22-20-18-16-14-12-10-11-13-15-17-19-21-23-26-29-32(30(3)4)33(6)8-2/h30-32H,7-29H2,1-6H3. The molecule has 33 heavy (non-hydrogen) atoms. The summed E-state index contributed by atoms with van der Waals surface area (Å²) in [6, 6.07) is 0.781. The molecular formula is C32H67N. The predicted molar refractivity (Wildman–Crippen MR) is 153 cm³/mol. The molecule has 2 atom stereocenters. The van der Waals surface area contributed by atoms with Crippen molar-refractivity contribution >= 4 is 0 Å². The van der Waals surface area contributed by atoms with Crippen LogP contribution in [0.25, 0.3) is 0 Å². The highest BCUT2D eigenvalue weighted by atomic mass is 15.1. The fraction of sp³-hybridized carbons (Fsp3) is 1.00. The van der Waals surface area contributed by atoms with E-state index in [0.29, 0.717) is 0 Å². The number of nitrogens with zero attached hydrogens (tertiary/aromatic N) is 1. The van der Waals surface area contributed by atoms with Gasteiger partial charge in [-0.2, -0.15) is 0 Å². The maximum absolute atomic E-state index is 2.54. The molecule has 0 spiro atoms. The third-order valence-corrected chi connectivity index (χ3v) is 8.08. The van der Waals surface area contributed by atoms with Crippen molar-refractivity contribution in [3.63, 3.8) is 0 Å². The lowest BCUT2D eigenvalue weighted by atomic mass is 9.96. The minimum Gasteiger partial charge on any atom is -0.303 e. The van der Waals surface area contributed by atoms with E-state index in [1.165, 1.54) is 148 Å². The zero-order valence-electron chi connectivity index (χ0n) is 24.4. The van der Waals surface area contributed by atoms with Gasteiger partial charge in [-0.05, 0) is 31.8 Å². The Hall–Kier alpha value is -0.0400. The van der Waals surface area contributed by atoms with Gasteiger partial charge in [0.25, 0.3) is 0 Å². The van der Waals surface area contributed by atoms with Crippen LogP contribution in [-0.2, 0) is 0 Å². The fourth-order valence-electron chi connectivity index (χ4n) is 5.51. The normalized spacial score (nSPS) is 13.8. The van der Waals surface area contributed by atoms with E-state index < -0.39 is 0 Å². The van der Waals surface area contributed by atoms with Crippen LogP contribution in [0, 0.1) is 11.8 Å². The highest BCUT2D eigenvalue weighted by molar-refractivity contribution is 4.71. The second-order valence-electron chi connectivity index (χ2n) is 11.7. The van der Waals surface area contributed by atoms with E-state index in [1.807, 2.05) is 0 Å². The Kier molecular flexibility index (Phi) is 25.0. The molecule has 0 aliphatic carbocycles. The Morgan fingerprint density at radius 1 is 0.455 bits per heavy atom. The van der Waals surface area contributed by atoms with Crippen LogP contribution >= 0.6 is 0 Å². The van der Waals surface area contributed by atoms with E-state index in [1.54, 1.807) is 0 Å². The number of rotatable bonds is 26. The predicted octanol–water partition coefficient (Wildman–Crippen LogP) is 11.2. The Balaban J connectivity index is 3.25. The van der Waals surface area contributed by atoms with Crippen LogP contribution in [-0.4, -0.2) is 24.5 Å². The molecule has 0 saturated heterocycles. The van der Waals surface area contributed by atoms with Crippen LogP contribution in [0.3, 0.4) is 0 Å². The van der Waals surface area contributed by atoms with Gasteiger partial charge in [-0.1, -0.05) is 169 Å². The molecule has 0 fully saturated rings. The number of unbranched alkanes of at least 4 members (excludes halogenated alkanes) is 17. The van der Waals surface area contributed by atoms with Crippen molar-refractivity contribution in [3.05, 3.63) is 0 Å². The van der Waals surface area contributed by atoms with Crippen molar-refractivity contribution in [2.75, 3.05) is 13.6 Å². The summed E-state index contributed by atoms with van der Waals surface area (Å²) in [6.45, 7) is 13.0. The molecule has 0 amide bonds. The summed E-state index contributed by atoms with van der Waals surface area (Å²) >= 11 is 0. The van der Waals surface area contributed by atoms with Gasteiger partial charge in [-0.3, -0.25) is 0 Å². The average Bonchev–Trinajstić information content (AvgIpc) is 2.80. The summed E-state index contributed by atoms with van der Waals surface area (Å²) in [6.07, 6.45) is 32.1. The Morgan fingerprint density at radius 3 is 1.12 bits per heavy atom. The largest absolute Gasteiger partial charge is 0.303 e. The second-order valence-corrected chi connectivity index (χ2v) is 11.7. The summed E-state index contributed by atoms with van der Waals surface area (Å²) in [4.78, 5) is 2.54. The maximum Gasteiger partial charge on any atom is 0.0115 e. The molecule has 0 aliphatic rings. The van der Waals surface area contributed by atoms with Crippen LogP contribution < -0.4 is 0 Å². The van der Waals surface area contributed by atoms with E-state index in [0.717, 1.165) is 17.9 Å². The van der Waals surface area contributed by atoms with E-state index in [4.69, 9.17) is 0 Å². The van der Waals surface area contributed by atoms with Crippen molar-refractivity contribution in [2.45, 2.75) is 182 Å². The van der Waals surface area contributed by atoms with Crippen LogP contribution in [0.15, 0.2) is 0 Å². The monoisotopic (exact) mass is 466 g/mol. The zero-order chi connectivity index (χ0) is 24.6. The van der Waals surface area contributed by atoms with E-state index in [-0.39, 0.29) is 0 Å². The molecule has 0 heterocycles. The van der Waals surface area contributed by atoms with Crippen molar-refractivity contribution in [1.29, 1.82) is 0 Å². The Bertz CT molecular complexity index is 364. The molecule has 0 rings (SSSR count). The summed E-state index contributed by atoms with van der Waals surface area (Å²) in [7, 11) is 2.29. The molecular weight excluding hydrogens is 398 g/mol. The molecule has 1 nitrogen and oxygen atoms in total. The van der Waals surface area contributed by atoms with Crippen molar-refractivity contribution in [1.82, 2.24) is 4.90 Å². The lowest BCUT2D eigenvalue weighted by Crippen LogP contribution is -2.35. The van der Waals surface area contributed by atoms with Crippen molar-refractivity contribution in [3.8, 4) is 0 Å². The SMILES string of the molecule is CCCCCC(C)CCCCCCCCCCCCCCCCCCC(C(C)C)N(C)CC. The summed E-state index contributed by atoms with van der Waals surface area (Å²) in [5.41, 5.74) is 0. The van der Waals surface area contributed by atoms with E-state index in [9.17, 15) is 0 Å². The Labute approximate surface area is 212 Å². The van der Waals surface area contributed by atoms with E-state index >= 15 is 0 Å². The first kappa shape index (κ1) is 33.0. The zero-order valence-corrected chi connectivity index (χ0v) is 24.4. The molecule has 0 aromatic carbocycles. The van der Waals surface area contributed by atoms with Gasteiger partial charge in [0.1, 0.15) is 0 Å². The fourth-order valence-corrected chi connectivity index (χ4v) is 5.51. The van der Waals surface area contributed by atoms with Crippen LogP contribution in [0.5, 0.6) is 0 Å². The topological polar surface area (TPSA) is 3.24 Å². The molecule has 0 aliphatic heterocycles. The second kappa shape index (κ2) is 25.1. The van der Waals surface area contributed by atoms with Gasteiger partial charge < -0.3 is 4.90 Å². The molecule has 0 N–H and O–H groups in total. The van der Waals surface area contributed by atoms with Gasteiger partial charge in [-0.25, -0.2) is 0 Å². The highest BCUT2D eigenvalue weighted by Crippen LogP contribution is 2.19. The highest BCUT2D eigenvalue weighted by Gasteiger charge is 2.16. The maximum atomic E-state index is 2.54. The van der Waals surface area contributed by atoms with Gasteiger partial charge in [0.15, 0.2) is 0 Å². The van der Waals surface area contributed by atoms with Gasteiger partial charge >= 0.3 is 0 Å². The van der Waals surface area contributed by atoms with Crippen molar-refractivity contribution in [2.24, 2.45) is 11.8 Å². The molecule has 1 heteroatoms. The molecule has 2 unspecified atom stereocenters. The van der Waals surface area contributed by atoms with Gasteiger partial charge in [0.2, 0.25) is 0 Å². The molecule has 0 bridgehead atoms. The smallest absolute Gasteiger partial charge is 0.0115 e. The summed E-state index contributed by atoms with van der Waals surface area (Å²) in [5.74, 6) is 1.75. The quantitative estimate of drug-likeness (QED) is 0.115. The van der Waals surface area contributed by atoms with Crippen LogP contribution in [0.2, 0.25) is 0 Å². The molecule has 200 valence electrons. The lowest BCUT2D eigenvalue weighted by Gasteiger charge is -2.30. The van der Waals surface area contributed by atoms with Crippen molar-refractivity contribution < 1.29 is 0 Å². The number of hydrogen-bond acceptors (Lipinski definition) is 1. The molecule has 0 saturated carbocycles. The first-order valence-corrected chi connectivity index (χ1v) is 15.7. The summed E-state index contributed by atoms with van der Waals surface area (Å²) in [5, 5.41) is 0. The summed E-state index contributed by atoms with van der Waals surface area (Å²) < 4.78 is 0. The molecule has 0 radical (unpaired) electrons. The minimum atomic E-state index is 0.781. The first-order chi connectivity index (χ1) is 16.0. The average molecular weight is 466 g/mol. The lowest BCUT2D eigenvalue weighted by molar-refractivity contribution is 0.185. The molecule has 0 aromatic rings. The molecule has 0 aromatic heterocycles. The minimum absolute atomic E-state index is 0.781. The van der Waals surface area contributed by atoms with Crippen LogP contribution in [0.1, 0.15) is 176 Å². The van der Waals surface area contributed by atoms with Gasteiger partial charge in [0, 0.05) is 6.04 Å². The third-order valence-electron chi connectivity index (χ3n) is 8.08. The Morgan fingerprint density at radius 2 is 0.788 bits per heavy atom. The van der Waals surface area contributed by atoms with Crippen LogP contribution in [0.4, 0.5) is 0 Å². The van der Waals surface area contributed by atoms with Gasteiger partial charge in [-0.15, -0.1) is 0 Å². The number of hydrogen-bond donors (Lipinski definition) is 0. The van der Waals surface area contributed by atoms with E-state index in [2.05, 4.69) is 46.6 Å². The first-order valence-electron chi connectivity index (χ1n) is 15.7. The van der Waals surface area contributed by atoms with Gasteiger partial charge in [0.05, 0.1) is 0 Å². The third kappa shape index (κ3) is 22.2.